The molecule has 1 saturated carbocycles. The molecule has 4 rings (SSSR count). The Morgan fingerprint density at radius 2 is 2.18 bits per heavy atom. The van der Waals surface area contributed by atoms with Crippen molar-refractivity contribution in [1.29, 1.82) is 0 Å². The van der Waals surface area contributed by atoms with Gasteiger partial charge < -0.3 is 5.11 Å². The van der Waals surface area contributed by atoms with E-state index >= 15 is 0 Å². The first-order chi connectivity index (χ1) is 10.6. The van der Waals surface area contributed by atoms with Gasteiger partial charge in [-0.15, -0.1) is 0 Å². The highest BCUT2D eigenvalue weighted by molar-refractivity contribution is 5.86. The molecular weight excluding hydrogens is 282 g/mol. The molecule has 7 nitrogen and oxygen atoms in total. The highest BCUT2D eigenvalue weighted by Gasteiger charge is 2.29. The van der Waals surface area contributed by atoms with E-state index in [4.69, 9.17) is 0 Å². The first-order valence-electron chi connectivity index (χ1n) is 7.65. The predicted molar refractivity (Wildman–Crippen MR) is 78.5 cm³/mol. The topological polar surface area (TPSA) is 76.2 Å². The highest BCUT2D eigenvalue weighted by Crippen LogP contribution is 2.39. The monoisotopic (exact) mass is 301 g/mol. The van der Waals surface area contributed by atoms with Gasteiger partial charge in [-0.25, -0.2) is 4.79 Å². The van der Waals surface area contributed by atoms with Crippen LogP contribution in [0.1, 0.15) is 46.2 Å². The van der Waals surface area contributed by atoms with Crippen molar-refractivity contribution in [2.45, 2.75) is 38.4 Å². The van der Waals surface area contributed by atoms with Gasteiger partial charge in [0.05, 0.1) is 17.9 Å². The summed E-state index contributed by atoms with van der Waals surface area (Å²) >= 11 is 0. The van der Waals surface area contributed by atoms with Gasteiger partial charge in [0.25, 0.3) is 0 Å². The molecule has 0 radical (unpaired) electrons. The molecule has 0 aromatic carbocycles. The second-order valence-electron chi connectivity index (χ2n) is 6.25. The fourth-order valence-corrected chi connectivity index (χ4v) is 3.13. The molecule has 3 heterocycles. The summed E-state index contributed by atoms with van der Waals surface area (Å²) in [4.78, 5) is 13.5. The van der Waals surface area contributed by atoms with Gasteiger partial charge in [0, 0.05) is 44.4 Å². The number of carbonyl (C=O) groups is 1. The van der Waals surface area contributed by atoms with E-state index in [1.54, 1.807) is 17.9 Å². The molecule has 0 unspecified atom stereocenters. The van der Waals surface area contributed by atoms with Crippen LogP contribution >= 0.6 is 0 Å². The van der Waals surface area contributed by atoms with Crippen LogP contribution < -0.4 is 0 Å². The number of aryl methyl sites for hydroxylation is 1. The first-order valence-corrected chi connectivity index (χ1v) is 7.65. The quantitative estimate of drug-likeness (QED) is 0.918. The molecule has 0 atom stereocenters. The normalized spacial score (nSPS) is 18.4. The maximum absolute atomic E-state index is 11.3. The van der Waals surface area contributed by atoms with Crippen LogP contribution in [-0.4, -0.2) is 42.1 Å². The van der Waals surface area contributed by atoms with Gasteiger partial charge in [-0.05, 0) is 18.9 Å². The number of rotatable bonds is 4. The minimum absolute atomic E-state index is 0.153. The van der Waals surface area contributed by atoms with E-state index in [9.17, 15) is 9.90 Å². The maximum Gasteiger partial charge on any atom is 0.356 e. The van der Waals surface area contributed by atoms with Crippen molar-refractivity contribution in [3.8, 4) is 0 Å². The Morgan fingerprint density at radius 3 is 2.91 bits per heavy atom. The van der Waals surface area contributed by atoms with Gasteiger partial charge >= 0.3 is 5.97 Å². The Kier molecular flexibility index (Phi) is 3.04. The fraction of sp³-hybridized carbons (Fsp3) is 0.533. The Bertz CT molecular complexity index is 728. The van der Waals surface area contributed by atoms with Gasteiger partial charge in [0.2, 0.25) is 0 Å². The van der Waals surface area contributed by atoms with E-state index in [1.807, 2.05) is 0 Å². The summed E-state index contributed by atoms with van der Waals surface area (Å²) in [5, 5.41) is 17.9. The SMILES string of the molecule is Cn1cc(CN2CCn3nc(C4CC4)cc3C2)c(C(=O)O)n1. The molecule has 1 aliphatic carbocycles. The fourth-order valence-electron chi connectivity index (χ4n) is 3.13. The molecule has 0 amide bonds. The van der Waals surface area contributed by atoms with Crippen LogP contribution in [-0.2, 0) is 26.7 Å². The van der Waals surface area contributed by atoms with Crippen molar-refractivity contribution in [2.75, 3.05) is 6.54 Å². The second kappa shape index (κ2) is 4.95. The third kappa shape index (κ3) is 2.41. The summed E-state index contributed by atoms with van der Waals surface area (Å²) in [6, 6.07) is 2.21. The standard InChI is InChI=1S/C15H19N5O2/c1-18-7-11(14(17-18)15(21)22)8-19-4-5-20-12(9-19)6-13(16-20)10-2-3-10/h6-7,10H,2-5,8-9H2,1H3,(H,21,22). The van der Waals surface area contributed by atoms with Crippen LogP contribution in [0.15, 0.2) is 12.3 Å². The van der Waals surface area contributed by atoms with E-state index in [-0.39, 0.29) is 5.69 Å². The zero-order chi connectivity index (χ0) is 15.3. The lowest BCUT2D eigenvalue weighted by Crippen LogP contribution is -2.33. The number of hydrogen-bond donors (Lipinski definition) is 1. The summed E-state index contributed by atoms with van der Waals surface area (Å²) in [5.41, 5.74) is 3.38. The van der Waals surface area contributed by atoms with Crippen LogP contribution in [0.3, 0.4) is 0 Å². The van der Waals surface area contributed by atoms with Crippen molar-refractivity contribution in [3.05, 3.63) is 34.9 Å². The molecule has 0 bridgehead atoms. The van der Waals surface area contributed by atoms with Gasteiger partial charge in [0.1, 0.15) is 0 Å². The van der Waals surface area contributed by atoms with E-state index in [2.05, 4.69) is 25.8 Å². The van der Waals surface area contributed by atoms with Gasteiger partial charge in [-0.2, -0.15) is 10.2 Å². The van der Waals surface area contributed by atoms with Crippen LogP contribution in [0.25, 0.3) is 0 Å². The smallest absolute Gasteiger partial charge is 0.356 e. The number of aromatic carboxylic acids is 1. The summed E-state index contributed by atoms with van der Waals surface area (Å²) in [6.45, 7) is 3.17. The lowest BCUT2D eigenvalue weighted by Gasteiger charge is -2.27. The number of aromatic nitrogens is 4. The Hall–Kier alpha value is -2.15. The highest BCUT2D eigenvalue weighted by atomic mass is 16.4. The Labute approximate surface area is 128 Å². The molecule has 22 heavy (non-hydrogen) atoms. The maximum atomic E-state index is 11.3. The van der Waals surface area contributed by atoms with Gasteiger partial charge in [-0.1, -0.05) is 0 Å². The Morgan fingerprint density at radius 1 is 1.36 bits per heavy atom. The molecule has 116 valence electrons. The molecule has 0 spiro atoms. The average molecular weight is 301 g/mol. The number of fused-ring (bicyclic) bond motifs is 1. The Balaban J connectivity index is 1.51. The number of nitrogens with zero attached hydrogens (tertiary/aromatic N) is 5. The van der Waals surface area contributed by atoms with Crippen LogP contribution in [0.2, 0.25) is 0 Å². The van der Waals surface area contributed by atoms with Crippen molar-refractivity contribution in [2.24, 2.45) is 7.05 Å². The van der Waals surface area contributed by atoms with Gasteiger partial charge in [-0.3, -0.25) is 14.3 Å². The lowest BCUT2D eigenvalue weighted by atomic mass is 10.2. The predicted octanol–water partition coefficient (Wildman–Crippen LogP) is 1.21. The molecule has 0 saturated heterocycles. The molecule has 1 fully saturated rings. The zero-order valence-corrected chi connectivity index (χ0v) is 12.6. The first kappa shape index (κ1) is 13.5. The number of carboxylic acids is 1. The van der Waals surface area contributed by atoms with Crippen LogP contribution in [0, 0.1) is 0 Å². The summed E-state index contributed by atoms with van der Waals surface area (Å²) in [6.07, 6.45) is 4.32. The van der Waals surface area contributed by atoms with Crippen LogP contribution in [0.5, 0.6) is 0 Å². The van der Waals surface area contributed by atoms with E-state index in [0.717, 1.165) is 25.2 Å². The third-order valence-electron chi connectivity index (χ3n) is 4.39. The minimum atomic E-state index is -0.964. The van der Waals surface area contributed by atoms with E-state index in [1.165, 1.54) is 24.2 Å². The molecule has 2 aromatic heterocycles. The molecule has 2 aromatic rings. The zero-order valence-electron chi connectivity index (χ0n) is 12.6. The van der Waals surface area contributed by atoms with Crippen LogP contribution in [0.4, 0.5) is 0 Å². The van der Waals surface area contributed by atoms with Crippen molar-refractivity contribution in [1.82, 2.24) is 24.5 Å². The summed E-state index contributed by atoms with van der Waals surface area (Å²) in [7, 11) is 1.75. The molecule has 7 heteroatoms. The summed E-state index contributed by atoms with van der Waals surface area (Å²) < 4.78 is 3.67. The largest absolute Gasteiger partial charge is 0.476 e. The average Bonchev–Trinajstić information content (AvgIpc) is 3.13. The second-order valence-corrected chi connectivity index (χ2v) is 6.25. The molecule has 1 aliphatic heterocycles. The summed E-state index contributed by atoms with van der Waals surface area (Å²) in [5.74, 6) is -0.294. The van der Waals surface area contributed by atoms with E-state index < -0.39 is 5.97 Å². The van der Waals surface area contributed by atoms with Crippen molar-refractivity contribution in [3.63, 3.8) is 0 Å². The molecular formula is C15H19N5O2. The minimum Gasteiger partial charge on any atom is -0.476 e. The molecule has 1 N–H and O–H groups in total. The van der Waals surface area contributed by atoms with Crippen molar-refractivity contribution < 1.29 is 9.90 Å². The number of hydrogen-bond acceptors (Lipinski definition) is 4. The van der Waals surface area contributed by atoms with Crippen molar-refractivity contribution >= 4 is 5.97 Å². The number of carboxylic acid groups (broad SMARTS) is 1. The third-order valence-corrected chi connectivity index (χ3v) is 4.39. The molecule has 2 aliphatic rings. The van der Waals surface area contributed by atoms with E-state index in [0.29, 0.717) is 12.5 Å². The lowest BCUT2D eigenvalue weighted by molar-refractivity contribution is 0.0686. The van der Waals surface area contributed by atoms with Gasteiger partial charge in [0.15, 0.2) is 5.69 Å².